The smallest absolute Gasteiger partial charge is 0.259 e. The van der Waals surface area contributed by atoms with E-state index in [0.29, 0.717) is 22.5 Å². The lowest BCUT2D eigenvalue weighted by molar-refractivity contribution is -0.150. The first-order valence-corrected chi connectivity index (χ1v) is 11.1. The molecule has 2 aliphatic rings. The number of nitrogens with one attached hydrogen (secondary N) is 2. The van der Waals surface area contributed by atoms with E-state index in [0.717, 1.165) is 25.9 Å². The highest BCUT2D eigenvalue weighted by atomic mass is 16.5. The molecule has 4 rings (SSSR count). The summed E-state index contributed by atoms with van der Waals surface area (Å²) in [7, 11) is 0. The summed E-state index contributed by atoms with van der Waals surface area (Å²) in [5.41, 5.74) is 7.29. The van der Waals surface area contributed by atoms with Crippen LogP contribution in [0.1, 0.15) is 28.8 Å². The van der Waals surface area contributed by atoms with Crippen LogP contribution in [0.25, 0.3) is 0 Å². The Morgan fingerprint density at radius 3 is 2.47 bits per heavy atom. The number of hydrogen-bond donors (Lipinski definition) is 4. The average Bonchev–Trinajstić information content (AvgIpc) is 3.39. The molecule has 0 unspecified atom stereocenters. The van der Waals surface area contributed by atoms with Crippen molar-refractivity contribution in [2.45, 2.75) is 25.0 Å². The molecule has 0 radical (unpaired) electrons. The third-order valence-electron chi connectivity index (χ3n) is 5.94. The summed E-state index contributed by atoms with van der Waals surface area (Å²) in [6, 6.07) is 13.0. The van der Waals surface area contributed by atoms with Crippen LogP contribution in [0.2, 0.25) is 0 Å². The van der Waals surface area contributed by atoms with E-state index in [1.165, 1.54) is 4.90 Å². The van der Waals surface area contributed by atoms with Crippen LogP contribution in [-0.4, -0.2) is 72.0 Å². The van der Waals surface area contributed by atoms with Crippen LogP contribution in [-0.2, 0) is 14.3 Å². The second-order valence-electron chi connectivity index (χ2n) is 8.26. The van der Waals surface area contributed by atoms with Gasteiger partial charge in [0.15, 0.2) is 12.2 Å². The number of hydrogen-bond acceptors (Lipinski definition) is 6. The fourth-order valence-electron chi connectivity index (χ4n) is 4.09. The number of likely N-dealkylation sites (tertiary alicyclic amines) is 1. The highest BCUT2D eigenvalue weighted by molar-refractivity contribution is 6.05. The minimum absolute atomic E-state index is 0.0770. The van der Waals surface area contributed by atoms with Crippen molar-refractivity contribution in [3.63, 3.8) is 0 Å². The topological polar surface area (TPSA) is 149 Å². The molecule has 2 aromatic rings. The van der Waals surface area contributed by atoms with Crippen molar-refractivity contribution in [1.82, 2.24) is 4.90 Å². The maximum absolute atomic E-state index is 13.1. The van der Waals surface area contributed by atoms with Crippen LogP contribution in [0.15, 0.2) is 48.5 Å². The van der Waals surface area contributed by atoms with Gasteiger partial charge in [-0.25, -0.2) is 0 Å². The Labute approximate surface area is 196 Å². The van der Waals surface area contributed by atoms with Gasteiger partial charge in [-0.1, -0.05) is 6.07 Å². The summed E-state index contributed by atoms with van der Waals surface area (Å²) >= 11 is 0. The van der Waals surface area contributed by atoms with Gasteiger partial charge in [0.1, 0.15) is 5.84 Å². The fraction of sp³-hybridized carbons (Fsp3) is 0.333. The summed E-state index contributed by atoms with van der Waals surface area (Å²) in [4.78, 5) is 41.6. The first kappa shape index (κ1) is 23.4. The number of aliphatic hydroxyl groups excluding tert-OH is 1. The molecule has 0 saturated carbocycles. The van der Waals surface area contributed by atoms with Gasteiger partial charge in [0.05, 0.1) is 6.61 Å². The van der Waals surface area contributed by atoms with Gasteiger partial charge in [-0.3, -0.25) is 19.8 Å². The van der Waals surface area contributed by atoms with Crippen LogP contribution in [0.5, 0.6) is 0 Å². The number of rotatable bonds is 6. The number of nitrogens with zero attached hydrogens (tertiary/aromatic N) is 2. The monoisotopic (exact) mass is 465 g/mol. The summed E-state index contributed by atoms with van der Waals surface area (Å²) in [6.07, 6.45) is -1.16. The molecule has 5 N–H and O–H groups in total. The number of carbonyl (C=O) groups is 3. The van der Waals surface area contributed by atoms with Gasteiger partial charge < -0.3 is 30.7 Å². The molecule has 2 saturated heterocycles. The number of nitrogens with two attached hydrogens (primary N) is 1. The molecule has 0 aromatic heterocycles. The molecule has 2 aromatic carbocycles. The summed E-state index contributed by atoms with van der Waals surface area (Å²) in [5.74, 6) is -1.54. The van der Waals surface area contributed by atoms with Gasteiger partial charge in [-0.2, -0.15) is 0 Å². The van der Waals surface area contributed by atoms with Crippen LogP contribution in [0.4, 0.5) is 11.4 Å². The number of ether oxygens (including phenoxy) is 1. The quantitative estimate of drug-likeness (QED) is 0.368. The minimum Gasteiger partial charge on any atom is -0.384 e. The Hall–Kier alpha value is -3.76. The molecule has 0 bridgehead atoms. The lowest BCUT2D eigenvalue weighted by Gasteiger charge is -2.34. The zero-order valence-electron chi connectivity index (χ0n) is 18.6. The first-order valence-electron chi connectivity index (χ1n) is 11.1. The third kappa shape index (κ3) is 4.92. The van der Waals surface area contributed by atoms with Crippen LogP contribution in [0, 0.1) is 5.41 Å². The fourth-order valence-corrected chi connectivity index (χ4v) is 4.09. The zero-order valence-corrected chi connectivity index (χ0v) is 18.6. The van der Waals surface area contributed by atoms with Crippen molar-refractivity contribution >= 4 is 34.9 Å². The molecule has 10 heteroatoms. The lowest BCUT2D eigenvalue weighted by Crippen LogP contribution is -2.55. The molecular weight excluding hydrogens is 438 g/mol. The maximum atomic E-state index is 13.1. The maximum Gasteiger partial charge on any atom is 0.259 e. The number of nitrogen functional groups attached to an aromatic ring is 1. The predicted molar refractivity (Wildman–Crippen MR) is 126 cm³/mol. The number of amidine groups is 1. The van der Waals surface area contributed by atoms with Crippen molar-refractivity contribution in [3.8, 4) is 0 Å². The zero-order chi connectivity index (χ0) is 24.2. The summed E-state index contributed by atoms with van der Waals surface area (Å²) in [6.45, 7) is 1.80. The highest BCUT2D eigenvalue weighted by Crippen LogP contribution is 2.23. The van der Waals surface area contributed by atoms with Gasteiger partial charge in [0.2, 0.25) is 0 Å². The molecule has 2 atom stereocenters. The van der Waals surface area contributed by atoms with Crippen molar-refractivity contribution < 1.29 is 24.2 Å². The van der Waals surface area contributed by atoms with Gasteiger partial charge >= 0.3 is 0 Å². The summed E-state index contributed by atoms with van der Waals surface area (Å²) < 4.78 is 5.45. The molecular formula is C24H27N5O5. The van der Waals surface area contributed by atoms with Crippen LogP contribution in [0.3, 0.4) is 0 Å². The minimum atomic E-state index is -1.74. The first-order chi connectivity index (χ1) is 16.3. The molecule has 3 amide bonds. The lowest BCUT2D eigenvalue weighted by atomic mass is 10.1. The molecule has 2 fully saturated rings. The number of amides is 3. The Balaban J connectivity index is 1.45. The average molecular weight is 466 g/mol. The Morgan fingerprint density at radius 2 is 1.79 bits per heavy atom. The van der Waals surface area contributed by atoms with Gasteiger partial charge in [0, 0.05) is 42.1 Å². The number of aliphatic hydroxyl groups is 1. The summed E-state index contributed by atoms with van der Waals surface area (Å²) in [5, 5.41) is 20.5. The number of benzene rings is 2. The predicted octanol–water partition coefficient (Wildman–Crippen LogP) is 0.938. The van der Waals surface area contributed by atoms with E-state index in [2.05, 4.69) is 5.32 Å². The second-order valence-corrected chi connectivity index (χ2v) is 8.26. The van der Waals surface area contributed by atoms with Crippen molar-refractivity contribution in [3.05, 3.63) is 59.7 Å². The van der Waals surface area contributed by atoms with Gasteiger partial charge in [0.25, 0.3) is 17.7 Å². The number of anilines is 2. The molecule has 10 nitrogen and oxygen atoms in total. The number of carbonyl (C=O) groups excluding carboxylic acids is 3. The Kier molecular flexibility index (Phi) is 6.90. The van der Waals surface area contributed by atoms with E-state index in [1.807, 2.05) is 0 Å². The van der Waals surface area contributed by atoms with Crippen molar-refractivity contribution in [1.29, 1.82) is 5.41 Å². The van der Waals surface area contributed by atoms with E-state index in [9.17, 15) is 19.5 Å². The number of morpholine rings is 1. The third-order valence-corrected chi connectivity index (χ3v) is 5.94. The van der Waals surface area contributed by atoms with Gasteiger partial charge in [-0.15, -0.1) is 0 Å². The van der Waals surface area contributed by atoms with E-state index in [-0.39, 0.29) is 24.9 Å². The molecule has 34 heavy (non-hydrogen) atoms. The van der Waals surface area contributed by atoms with E-state index in [4.69, 9.17) is 15.9 Å². The highest BCUT2D eigenvalue weighted by Gasteiger charge is 2.39. The van der Waals surface area contributed by atoms with E-state index in [1.54, 1.807) is 53.4 Å². The van der Waals surface area contributed by atoms with E-state index >= 15 is 0 Å². The standard InChI is InChI=1S/C24H27N5O5/c25-21(26)15-6-8-17(9-7-15)27-22(31)19(30)20-24(33)29(12-13-34-20)18-5-3-4-16(14-18)23(32)28-10-1-2-11-28/h3-9,14,19-20,30H,1-2,10-13H2,(H3,25,26)(H,27,31)/t19-,20-/m1/s1. The molecule has 0 spiro atoms. The molecule has 178 valence electrons. The normalized spacial score (nSPS) is 19.1. The van der Waals surface area contributed by atoms with Crippen LogP contribution < -0.4 is 16.0 Å². The SMILES string of the molecule is N=C(N)c1ccc(NC(=O)[C@H](O)[C@H]2OCCN(c3cccc(C(=O)N4CCCC4)c3)C2=O)cc1. The Bertz CT molecular complexity index is 1100. The Morgan fingerprint density at radius 1 is 1.09 bits per heavy atom. The van der Waals surface area contributed by atoms with E-state index < -0.39 is 24.0 Å². The molecule has 2 heterocycles. The largest absolute Gasteiger partial charge is 0.384 e. The van der Waals surface area contributed by atoms with Crippen LogP contribution >= 0.6 is 0 Å². The molecule has 2 aliphatic heterocycles. The van der Waals surface area contributed by atoms with Crippen molar-refractivity contribution in [2.24, 2.45) is 5.73 Å². The second kappa shape index (κ2) is 10.0. The molecule has 0 aliphatic carbocycles. The van der Waals surface area contributed by atoms with Crippen molar-refractivity contribution in [2.75, 3.05) is 36.5 Å². The van der Waals surface area contributed by atoms with Gasteiger partial charge in [-0.05, 0) is 55.3 Å².